The molecule has 8 aromatic carbocycles. The molecule has 0 aliphatic carbocycles. The van der Waals surface area contributed by atoms with Crippen molar-refractivity contribution in [3.8, 4) is 22.6 Å². The normalized spacial score (nSPS) is 13.9. The Labute approximate surface area is 329 Å². The van der Waals surface area contributed by atoms with Crippen LogP contribution in [0.4, 0.5) is 17.1 Å². The van der Waals surface area contributed by atoms with Crippen molar-refractivity contribution in [3.05, 3.63) is 206 Å². The molecule has 1 N–H and O–H groups in total. The fourth-order valence-corrected chi connectivity index (χ4v) is 9.24. The Kier molecular flexibility index (Phi) is 6.92. The lowest BCUT2D eigenvalue weighted by Crippen LogP contribution is -2.24. The second kappa shape index (κ2) is 12.4. The molecule has 1 aliphatic rings. The zero-order valence-electron chi connectivity index (χ0n) is 30.9. The van der Waals surface area contributed by atoms with E-state index in [-0.39, 0.29) is 6.17 Å². The molecule has 3 aromatic heterocycles. The van der Waals surface area contributed by atoms with Gasteiger partial charge in [-0.3, -0.25) is 4.98 Å². The molecule has 0 fully saturated rings. The van der Waals surface area contributed by atoms with Crippen LogP contribution in [0.1, 0.15) is 11.7 Å². The highest BCUT2D eigenvalue weighted by Crippen LogP contribution is 2.50. The van der Waals surface area contributed by atoms with E-state index in [2.05, 4.69) is 213 Å². The summed E-state index contributed by atoms with van der Waals surface area (Å²) >= 11 is 0. The SMILES string of the molecule is c1ccc(N2c3ccnc(-c4ccc5ccccc5c4)c3NC2c2cc(-n3c4ccccc4c4ccccc43)cc(-n3c4ccccc4c4ccccc43)c2)cc1. The quantitative estimate of drug-likeness (QED) is 0.192. The zero-order chi connectivity index (χ0) is 37.5. The molecule has 0 amide bonds. The highest BCUT2D eigenvalue weighted by Gasteiger charge is 2.34. The predicted octanol–water partition coefficient (Wildman–Crippen LogP) is 13.4. The van der Waals surface area contributed by atoms with Gasteiger partial charge >= 0.3 is 0 Å². The Morgan fingerprint density at radius 3 is 1.51 bits per heavy atom. The van der Waals surface area contributed by atoms with Gasteiger partial charge in [0.25, 0.3) is 0 Å². The van der Waals surface area contributed by atoms with Crippen molar-refractivity contribution >= 4 is 71.4 Å². The summed E-state index contributed by atoms with van der Waals surface area (Å²) < 4.78 is 4.87. The molecular weight excluding hydrogens is 695 g/mol. The number of rotatable bonds is 5. The number of aromatic nitrogens is 3. The Bertz CT molecular complexity index is 3120. The molecular formula is C52H35N5. The second-order valence-corrected chi connectivity index (χ2v) is 14.9. The van der Waals surface area contributed by atoms with Crippen LogP contribution in [-0.4, -0.2) is 14.1 Å². The summed E-state index contributed by atoms with van der Waals surface area (Å²) in [6, 6.07) is 70.1. The van der Waals surface area contributed by atoms with Crippen molar-refractivity contribution in [3.63, 3.8) is 0 Å². The fourth-order valence-electron chi connectivity index (χ4n) is 9.24. The summed E-state index contributed by atoms with van der Waals surface area (Å²) in [7, 11) is 0. The van der Waals surface area contributed by atoms with Crippen LogP contribution in [0.5, 0.6) is 0 Å². The van der Waals surface area contributed by atoms with Crippen LogP contribution in [-0.2, 0) is 0 Å². The second-order valence-electron chi connectivity index (χ2n) is 14.9. The van der Waals surface area contributed by atoms with E-state index in [1.165, 1.54) is 54.4 Å². The zero-order valence-corrected chi connectivity index (χ0v) is 30.9. The van der Waals surface area contributed by atoms with Crippen LogP contribution in [0.2, 0.25) is 0 Å². The molecule has 12 rings (SSSR count). The maximum absolute atomic E-state index is 5.04. The maximum Gasteiger partial charge on any atom is 0.130 e. The molecule has 5 heteroatoms. The minimum Gasteiger partial charge on any atom is -0.358 e. The summed E-state index contributed by atoms with van der Waals surface area (Å²) in [4.78, 5) is 7.47. The molecule has 5 nitrogen and oxygen atoms in total. The first-order chi connectivity index (χ1) is 28.3. The third kappa shape index (κ3) is 4.85. The number of para-hydroxylation sites is 5. The first kappa shape index (κ1) is 31.7. The Hall–Kier alpha value is -7.63. The number of pyridine rings is 1. The lowest BCUT2D eigenvalue weighted by molar-refractivity contribution is 0.825. The molecule has 1 aliphatic heterocycles. The molecule has 0 bridgehead atoms. The molecule has 268 valence electrons. The van der Waals surface area contributed by atoms with Crippen LogP contribution in [0.15, 0.2) is 200 Å². The number of anilines is 3. The Balaban J connectivity index is 1.13. The summed E-state index contributed by atoms with van der Waals surface area (Å²) in [6.45, 7) is 0. The summed E-state index contributed by atoms with van der Waals surface area (Å²) in [5.74, 6) is 0. The number of hydrogen-bond acceptors (Lipinski definition) is 3. The van der Waals surface area contributed by atoms with E-state index in [1.807, 2.05) is 6.20 Å². The molecule has 0 radical (unpaired) electrons. The van der Waals surface area contributed by atoms with Gasteiger partial charge in [0.05, 0.1) is 39.1 Å². The summed E-state index contributed by atoms with van der Waals surface area (Å²) in [5, 5.41) is 11.4. The molecule has 4 heterocycles. The van der Waals surface area contributed by atoms with Gasteiger partial charge in [-0.25, -0.2) is 0 Å². The van der Waals surface area contributed by atoms with E-state index in [0.29, 0.717) is 0 Å². The van der Waals surface area contributed by atoms with E-state index < -0.39 is 0 Å². The third-order valence-electron chi connectivity index (χ3n) is 11.7. The smallest absolute Gasteiger partial charge is 0.130 e. The lowest BCUT2D eigenvalue weighted by atomic mass is 10.0. The predicted molar refractivity (Wildman–Crippen MR) is 237 cm³/mol. The van der Waals surface area contributed by atoms with Gasteiger partial charge in [-0.15, -0.1) is 0 Å². The van der Waals surface area contributed by atoms with Gasteiger partial charge in [-0.05, 0) is 83.1 Å². The first-order valence-electron chi connectivity index (χ1n) is 19.5. The molecule has 0 saturated carbocycles. The molecule has 0 spiro atoms. The molecule has 11 aromatic rings. The van der Waals surface area contributed by atoms with Crippen molar-refractivity contribution in [1.29, 1.82) is 0 Å². The first-order valence-corrected chi connectivity index (χ1v) is 19.5. The number of hydrogen-bond donors (Lipinski definition) is 1. The standard InChI is InChI=1S/C52H35N5/c1-2-16-38(17-3-1)57-49-28-29-53-50(36-27-26-34-14-4-5-15-35(34)30-36)51(49)54-52(57)37-31-39(55-45-22-10-6-18-41(45)42-19-7-11-23-46(42)55)33-40(32-37)56-47-24-12-8-20-43(47)44-21-9-13-25-48(44)56/h1-33,52,54H. The topological polar surface area (TPSA) is 38.0 Å². The van der Waals surface area contributed by atoms with E-state index >= 15 is 0 Å². The molecule has 57 heavy (non-hydrogen) atoms. The van der Waals surface area contributed by atoms with Crippen LogP contribution in [0.3, 0.4) is 0 Å². The van der Waals surface area contributed by atoms with Gasteiger partial charge in [0.2, 0.25) is 0 Å². The fraction of sp³-hybridized carbons (Fsp3) is 0.0192. The number of fused-ring (bicyclic) bond motifs is 8. The molecule has 1 unspecified atom stereocenters. The van der Waals surface area contributed by atoms with E-state index in [1.54, 1.807) is 0 Å². The minimum atomic E-state index is -0.245. The molecule has 1 atom stereocenters. The van der Waals surface area contributed by atoms with Crippen molar-refractivity contribution in [2.45, 2.75) is 6.17 Å². The highest BCUT2D eigenvalue weighted by atomic mass is 15.3. The van der Waals surface area contributed by atoms with E-state index in [9.17, 15) is 0 Å². The number of nitrogens with one attached hydrogen (secondary N) is 1. The van der Waals surface area contributed by atoms with Crippen LogP contribution >= 0.6 is 0 Å². The van der Waals surface area contributed by atoms with Gasteiger partial charge in [0, 0.05) is 50.4 Å². The van der Waals surface area contributed by atoms with Crippen LogP contribution in [0, 0.1) is 0 Å². The maximum atomic E-state index is 5.04. The summed E-state index contributed by atoms with van der Waals surface area (Å²) in [6.07, 6.45) is 1.70. The van der Waals surface area contributed by atoms with Crippen molar-refractivity contribution in [2.24, 2.45) is 0 Å². The van der Waals surface area contributed by atoms with E-state index in [0.717, 1.165) is 45.3 Å². The van der Waals surface area contributed by atoms with Gasteiger partial charge in [0.1, 0.15) is 6.17 Å². The number of nitrogens with zero attached hydrogens (tertiary/aromatic N) is 4. The largest absolute Gasteiger partial charge is 0.358 e. The van der Waals surface area contributed by atoms with E-state index in [4.69, 9.17) is 4.98 Å². The van der Waals surface area contributed by atoms with Crippen LogP contribution in [0.25, 0.3) is 77.0 Å². The number of benzene rings is 8. The monoisotopic (exact) mass is 729 g/mol. The minimum absolute atomic E-state index is 0.245. The van der Waals surface area contributed by atoms with Crippen molar-refractivity contribution in [2.75, 3.05) is 10.2 Å². The average Bonchev–Trinajstić information content (AvgIpc) is 3.95. The summed E-state index contributed by atoms with van der Waals surface area (Å²) in [5.41, 5.74) is 13.3. The third-order valence-corrected chi connectivity index (χ3v) is 11.7. The Morgan fingerprint density at radius 2 is 0.930 bits per heavy atom. The van der Waals surface area contributed by atoms with Gasteiger partial charge in [0.15, 0.2) is 0 Å². The highest BCUT2D eigenvalue weighted by molar-refractivity contribution is 6.10. The average molecular weight is 730 g/mol. The van der Waals surface area contributed by atoms with Gasteiger partial charge < -0.3 is 19.4 Å². The van der Waals surface area contributed by atoms with Gasteiger partial charge in [-0.2, -0.15) is 0 Å². The lowest BCUT2D eigenvalue weighted by Gasteiger charge is -2.28. The molecule has 0 saturated heterocycles. The van der Waals surface area contributed by atoms with Gasteiger partial charge in [-0.1, -0.05) is 127 Å². The van der Waals surface area contributed by atoms with Crippen LogP contribution < -0.4 is 10.2 Å². The van der Waals surface area contributed by atoms with Crippen molar-refractivity contribution in [1.82, 2.24) is 14.1 Å². The Morgan fingerprint density at radius 1 is 0.421 bits per heavy atom. The van der Waals surface area contributed by atoms with Crippen molar-refractivity contribution < 1.29 is 0 Å².